The number of hydrogen-bond donors (Lipinski definition) is 1. The van der Waals surface area contributed by atoms with Gasteiger partial charge >= 0.3 is 6.03 Å². The van der Waals surface area contributed by atoms with Gasteiger partial charge in [-0.05, 0) is 49.9 Å². The van der Waals surface area contributed by atoms with Crippen molar-refractivity contribution in [3.05, 3.63) is 63.6 Å². The molecule has 1 aliphatic heterocycles. The minimum atomic E-state index is -0.0943. The summed E-state index contributed by atoms with van der Waals surface area (Å²) in [6, 6.07) is 16.4. The molecule has 1 unspecified atom stereocenters. The number of urea groups is 1. The lowest BCUT2D eigenvalue weighted by atomic mass is 10.00. The highest BCUT2D eigenvalue weighted by molar-refractivity contribution is 9.10. The van der Waals surface area contributed by atoms with Gasteiger partial charge in [0.25, 0.3) is 0 Å². The van der Waals surface area contributed by atoms with E-state index in [9.17, 15) is 4.79 Å². The second kappa shape index (κ2) is 11.2. The van der Waals surface area contributed by atoms with Gasteiger partial charge in [-0.1, -0.05) is 71.2 Å². The maximum Gasteiger partial charge on any atom is 0.322 e. The summed E-state index contributed by atoms with van der Waals surface area (Å²) in [4.78, 5) is 17.8. The third-order valence-electron chi connectivity index (χ3n) is 5.90. The fourth-order valence-corrected chi connectivity index (χ4v) is 4.88. The van der Waals surface area contributed by atoms with Gasteiger partial charge in [0.2, 0.25) is 0 Å². The van der Waals surface area contributed by atoms with Crippen molar-refractivity contribution in [1.82, 2.24) is 9.80 Å². The minimum Gasteiger partial charge on any atom is -0.317 e. The first-order chi connectivity index (χ1) is 14.5. The number of piperidine rings is 1. The van der Waals surface area contributed by atoms with Gasteiger partial charge in [-0.2, -0.15) is 0 Å². The van der Waals surface area contributed by atoms with Gasteiger partial charge in [0, 0.05) is 36.2 Å². The molecule has 1 aliphatic rings. The summed E-state index contributed by atoms with van der Waals surface area (Å²) in [5, 5.41) is 3.56. The Morgan fingerprint density at radius 2 is 1.93 bits per heavy atom. The van der Waals surface area contributed by atoms with Gasteiger partial charge in [0.1, 0.15) is 0 Å². The van der Waals surface area contributed by atoms with E-state index in [0.29, 0.717) is 23.3 Å². The summed E-state index contributed by atoms with van der Waals surface area (Å²) in [5.41, 5.74) is 1.77. The minimum absolute atomic E-state index is 0.0943. The Kier molecular flexibility index (Phi) is 8.61. The van der Waals surface area contributed by atoms with Gasteiger partial charge < -0.3 is 15.1 Å². The highest BCUT2D eigenvalue weighted by Gasteiger charge is 2.29. The smallest absolute Gasteiger partial charge is 0.317 e. The molecule has 1 atom stereocenters. The number of anilines is 1. The van der Waals surface area contributed by atoms with Crippen LogP contribution in [0.3, 0.4) is 0 Å². The molecule has 0 spiro atoms. The highest BCUT2D eigenvalue weighted by atomic mass is 79.9. The number of rotatable bonds is 7. The zero-order valence-corrected chi connectivity index (χ0v) is 20.1. The summed E-state index contributed by atoms with van der Waals surface area (Å²) < 4.78 is 0.889. The van der Waals surface area contributed by atoms with Crippen LogP contribution in [0.15, 0.2) is 53.0 Å². The summed E-state index contributed by atoms with van der Waals surface area (Å²) in [6.45, 7) is 7.21. The molecule has 162 valence electrons. The van der Waals surface area contributed by atoms with E-state index in [1.165, 1.54) is 12.8 Å². The summed E-state index contributed by atoms with van der Waals surface area (Å²) in [7, 11) is 0. The molecular formula is C24H31BrClN3O. The number of nitrogens with one attached hydrogen (secondary N) is 1. The Labute approximate surface area is 193 Å². The number of halogens is 2. The maximum absolute atomic E-state index is 13.3. The van der Waals surface area contributed by atoms with Crippen LogP contribution in [0.5, 0.6) is 0 Å². The van der Waals surface area contributed by atoms with E-state index in [0.717, 1.165) is 36.0 Å². The molecule has 0 bridgehead atoms. The number of carbonyl (C=O) groups excluding carboxylic acids is 1. The normalized spacial score (nSPS) is 16.3. The Morgan fingerprint density at radius 3 is 2.57 bits per heavy atom. The van der Waals surface area contributed by atoms with Crippen LogP contribution in [0.1, 0.15) is 45.1 Å². The largest absolute Gasteiger partial charge is 0.322 e. The Hall–Kier alpha value is -1.56. The Balaban J connectivity index is 1.73. The van der Waals surface area contributed by atoms with E-state index in [1.54, 1.807) is 6.07 Å². The van der Waals surface area contributed by atoms with Gasteiger partial charge in [-0.15, -0.1) is 0 Å². The fraction of sp³-hybridized carbons (Fsp3) is 0.458. The molecule has 2 aromatic rings. The molecule has 0 aromatic heterocycles. The topological polar surface area (TPSA) is 35.6 Å². The molecule has 3 rings (SSSR count). The molecule has 6 heteroatoms. The lowest BCUT2D eigenvalue weighted by Crippen LogP contribution is -2.50. The predicted octanol–water partition coefficient (Wildman–Crippen LogP) is 6.79. The molecule has 2 aromatic carbocycles. The van der Waals surface area contributed by atoms with E-state index in [-0.39, 0.29) is 12.1 Å². The first kappa shape index (κ1) is 23.1. The molecule has 4 nitrogen and oxygen atoms in total. The fourth-order valence-electron chi connectivity index (χ4n) is 4.16. The van der Waals surface area contributed by atoms with Crippen LogP contribution in [-0.2, 0) is 6.54 Å². The van der Waals surface area contributed by atoms with E-state index < -0.39 is 0 Å². The average Bonchev–Trinajstić information content (AvgIpc) is 2.75. The van der Waals surface area contributed by atoms with Gasteiger partial charge in [0.15, 0.2) is 0 Å². The molecule has 2 amide bonds. The van der Waals surface area contributed by atoms with Crippen LogP contribution >= 0.6 is 27.5 Å². The Bertz CT molecular complexity index is 824. The zero-order chi connectivity index (χ0) is 21.5. The van der Waals surface area contributed by atoms with E-state index >= 15 is 0 Å². The third-order valence-corrected chi connectivity index (χ3v) is 6.70. The molecule has 30 heavy (non-hydrogen) atoms. The van der Waals surface area contributed by atoms with Crippen molar-refractivity contribution in [1.29, 1.82) is 0 Å². The van der Waals surface area contributed by atoms with Gasteiger partial charge in [-0.3, -0.25) is 0 Å². The number of amides is 2. The number of hydrogen-bond acceptors (Lipinski definition) is 2. The van der Waals surface area contributed by atoms with Crippen molar-refractivity contribution in [3.63, 3.8) is 0 Å². The van der Waals surface area contributed by atoms with Crippen LogP contribution in [0.4, 0.5) is 10.5 Å². The number of nitrogens with zero attached hydrogens (tertiary/aromatic N) is 2. The van der Waals surface area contributed by atoms with Crippen LogP contribution in [-0.4, -0.2) is 41.0 Å². The number of likely N-dealkylation sites (tertiary alicyclic amines) is 1. The lowest BCUT2D eigenvalue weighted by Gasteiger charge is -2.40. The predicted molar refractivity (Wildman–Crippen MR) is 129 cm³/mol. The lowest BCUT2D eigenvalue weighted by molar-refractivity contribution is 0.0989. The Morgan fingerprint density at radius 1 is 1.23 bits per heavy atom. The van der Waals surface area contributed by atoms with Gasteiger partial charge in [-0.25, -0.2) is 4.79 Å². The standard InChI is InChI=1S/C24H31BrClN3O/c1-3-7-18(2)28-14-12-21(13-15-28)29(17-19-8-5-4-6-9-19)24(30)27-23-11-10-20(25)16-22(23)26/h4-6,8-11,16,18,21H,3,7,12-15,17H2,1-2H3,(H,27,30). The van der Waals surface area contributed by atoms with E-state index in [2.05, 4.69) is 52.1 Å². The van der Waals surface area contributed by atoms with Crippen molar-refractivity contribution >= 4 is 39.2 Å². The van der Waals surface area contributed by atoms with Crippen molar-refractivity contribution in [3.8, 4) is 0 Å². The van der Waals surface area contributed by atoms with Crippen LogP contribution < -0.4 is 5.32 Å². The van der Waals surface area contributed by atoms with Crippen LogP contribution in [0.25, 0.3) is 0 Å². The molecule has 0 aliphatic carbocycles. The molecule has 1 saturated heterocycles. The van der Waals surface area contributed by atoms with E-state index in [4.69, 9.17) is 11.6 Å². The maximum atomic E-state index is 13.3. The average molecular weight is 493 g/mol. The van der Waals surface area contributed by atoms with Gasteiger partial charge in [0.05, 0.1) is 10.7 Å². The summed E-state index contributed by atoms with van der Waals surface area (Å²) in [5.74, 6) is 0. The van der Waals surface area contributed by atoms with Crippen LogP contribution in [0.2, 0.25) is 5.02 Å². The van der Waals surface area contributed by atoms with Crippen molar-refractivity contribution in [2.24, 2.45) is 0 Å². The van der Waals surface area contributed by atoms with Crippen molar-refractivity contribution in [2.75, 3.05) is 18.4 Å². The van der Waals surface area contributed by atoms with Crippen molar-refractivity contribution < 1.29 is 4.79 Å². The first-order valence-corrected chi connectivity index (χ1v) is 12.0. The van der Waals surface area contributed by atoms with E-state index in [1.807, 2.05) is 35.2 Å². The zero-order valence-electron chi connectivity index (χ0n) is 17.8. The monoisotopic (exact) mass is 491 g/mol. The molecule has 1 fully saturated rings. The quantitative estimate of drug-likeness (QED) is 0.462. The summed E-state index contributed by atoms with van der Waals surface area (Å²) >= 11 is 9.75. The highest BCUT2D eigenvalue weighted by Crippen LogP contribution is 2.27. The molecule has 1 N–H and O–H groups in total. The molecule has 0 radical (unpaired) electrons. The third kappa shape index (κ3) is 6.22. The molecule has 1 heterocycles. The SMILES string of the molecule is CCCC(C)N1CCC(N(Cc2ccccc2)C(=O)Nc2ccc(Br)cc2Cl)CC1. The second-order valence-electron chi connectivity index (χ2n) is 8.07. The first-order valence-electron chi connectivity index (χ1n) is 10.8. The molecule has 0 saturated carbocycles. The molecular weight excluding hydrogens is 462 g/mol. The summed E-state index contributed by atoms with van der Waals surface area (Å²) in [6.07, 6.45) is 4.41. The van der Waals surface area contributed by atoms with Crippen LogP contribution in [0, 0.1) is 0 Å². The number of benzene rings is 2. The van der Waals surface area contributed by atoms with Crippen molar-refractivity contribution in [2.45, 2.75) is 58.2 Å². The second-order valence-corrected chi connectivity index (χ2v) is 9.40. The number of carbonyl (C=O) groups is 1.